The van der Waals surface area contributed by atoms with Crippen molar-refractivity contribution in [1.82, 2.24) is 10.0 Å². The molecule has 0 bridgehead atoms. The molecule has 0 fully saturated rings. The molecule has 2 aromatic carbocycles. The van der Waals surface area contributed by atoms with Gasteiger partial charge in [0.15, 0.2) is 0 Å². The van der Waals surface area contributed by atoms with Crippen LogP contribution in [-0.2, 0) is 21.2 Å². The van der Waals surface area contributed by atoms with Gasteiger partial charge in [0.2, 0.25) is 15.9 Å². The second kappa shape index (κ2) is 11.3. The lowest BCUT2D eigenvalue weighted by Gasteiger charge is -2.15. The zero-order valence-corrected chi connectivity index (χ0v) is 19.0. The summed E-state index contributed by atoms with van der Waals surface area (Å²) in [5, 5.41) is 2.99. The van der Waals surface area contributed by atoms with Gasteiger partial charge in [-0.15, -0.1) is 0 Å². The molecule has 166 valence electrons. The molecular formula is C25H32N2O3S. The van der Waals surface area contributed by atoms with Crippen molar-refractivity contribution in [1.29, 1.82) is 0 Å². The van der Waals surface area contributed by atoms with Crippen LogP contribution in [0.15, 0.2) is 71.1 Å². The van der Waals surface area contributed by atoms with Gasteiger partial charge in [0.25, 0.3) is 0 Å². The van der Waals surface area contributed by atoms with Crippen molar-refractivity contribution in [3.05, 3.63) is 77.4 Å². The van der Waals surface area contributed by atoms with Crippen LogP contribution in [0.25, 0.3) is 0 Å². The van der Waals surface area contributed by atoms with Crippen molar-refractivity contribution in [2.45, 2.75) is 62.8 Å². The first kappa shape index (κ1) is 23.2. The first-order valence-corrected chi connectivity index (χ1v) is 12.5. The summed E-state index contributed by atoms with van der Waals surface area (Å²) in [5.74, 6) is 0.0338. The average molecular weight is 441 g/mol. The monoisotopic (exact) mass is 440 g/mol. The van der Waals surface area contributed by atoms with Crippen LogP contribution < -0.4 is 10.0 Å². The van der Waals surface area contributed by atoms with E-state index in [2.05, 4.69) is 16.1 Å². The largest absolute Gasteiger partial charge is 0.356 e. The normalized spacial score (nSPS) is 15.2. The van der Waals surface area contributed by atoms with Crippen LogP contribution in [0.1, 0.15) is 62.6 Å². The molecule has 1 aliphatic rings. The van der Waals surface area contributed by atoms with Gasteiger partial charge in [-0.1, -0.05) is 54.1 Å². The van der Waals surface area contributed by atoms with E-state index in [0.717, 1.165) is 30.4 Å². The molecule has 0 saturated carbocycles. The third-order valence-corrected chi connectivity index (χ3v) is 7.22. The highest BCUT2D eigenvalue weighted by atomic mass is 32.2. The van der Waals surface area contributed by atoms with Crippen molar-refractivity contribution < 1.29 is 13.2 Å². The number of allylic oxidation sites excluding steroid dienone is 1. The maximum Gasteiger partial charge on any atom is 0.241 e. The van der Waals surface area contributed by atoms with Gasteiger partial charge in [0, 0.05) is 19.0 Å². The molecule has 1 atom stereocenters. The third-order valence-electron chi connectivity index (χ3n) is 5.66. The topological polar surface area (TPSA) is 75.3 Å². The summed E-state index contributed by atoms with van der Waals surface area (Å²) in [4.78, 5) is 12.3. The summed E-state index contributed by atoms with van der Waals surface area (Å²) in [6.07, 6.45) is 9.08. The Morgan fingerprint density at radius 2 is 1.74 bits per heavy atom. The zero-order valence-electron chi connectivity index (χ0n) is 18.1. The van der Waals surface area contributed by atoms with Gasteiger partial charge in [-0.3, -0.25) is 4.79 Å². The van der Waals surface area contributed by atoms with Gasteiger partial charge in [0.1, 0.15) is 0 Å². The Kier molecular flexibility index (Phi) is 8.43. The van der Waals surface area contributed by atoms with Crippen molar-refractivity contribution in [3.8, 4) is 0 Å². The number of nitrogens with one attached hydrogen (secondary N) is 2. The number of rotatable bonds is 10. The lowest BCUT2D eigenvalue weighted by molar-refractivity contribution is -0.121. The highest BCUT2D eigenvalue weighted by molar-refractivity contribution is 7.89. The van der Waals surface area contributed by atoms with Crippen molar-refractivity contribution >= 4 is 15.9 Å². The summed E-state index contributed by atoms with van der Waals surface area (Å²) < 4.78 is 28.0. The molecule has 6 heteroatoms. The van der Waals surface area contributed by atoms with Gasteiger partial charge in [-0.2, -0.15) is 0 Å². The van der Waals surface area contributed by atoms with Crippen LogP contribution in [0.3, 0.4) is 0 Å². The summed E-state index contributed by atoms with van der Waals surface area (Å²) in [6.45, 7) is 2.51. The van der Waals surface area contributed by atoms with E-state index in [1.54, 1.807) is 24.3 Å². The number of sulfonamides is 1. The van der Waals surface area contributed by atoms with E-state index < -0.39 is 10.0 Å². The first-order chi connectivity index (χ1) is 14.9. The van der Waals surface area contributed by atoms with Gasteiger partial charge >= 0.3 is 0 Å². The van der Waals surface area contributed by atoms with Gasteiger partial charge < -0.3 is 5.32 Å². The number of hydrogen-bond acceptors (Lipinski definition) is 3. The Hall–Kier alpha value is -2.44. The fourth-order valence-electron chi connectivity index (χ4n) is 3.79. The third kappa shape index (κ3) is 7.33. The number of hydrogen-bond donors (Lipinski definition) is 2. The number of amides is 1. The Morgan fingerprint density at radius 3 is 2.42 bits per heavy atom. The van der Waals surface area contributed by atoms with Crippen LogP contribution in [0.4, 0.5) is 0 Å². The fourth-order valence-corrected chi connectivity index (χ4v) is 5.02. The van der Waals surface area contributed by atoms with E-state index in [1.807, 2.05) is 37.3 Å². The Bertz CT molecular complexity index is 983. The molecule has 2 N–H and O–H groups in total. The van der Waals surface area contributed by atoms with Gasteiger partial charge in [-0.05, 0) is 68.7 Å². The molecule has 2 aromatic rings. The summed E-state index contributed by atoms with van der Waals surface area (Å²) in [5.41, 5.74) is 3.31. The van der Waals surface area contributed by atoms with Crippen LogP contribution in [-0.4, -0.2) is 20.9 Å². The predicted molar refractivity (Wildman–Crippen MR) is 124 cm³/mol. The van der Waals surface area contributed by atoms with Crippen LogP contribution >= 0.6 is 0 Å². The van der Waals surface area contributed by atoms with E-state index >= 15 is 0 Å². The number of benzene rings is 2. The molecule has 3 rings (SSSR count). The minimum atomic E-state index is -3.61. The maximum atomic E-state index is 12.7. The van der Waals surface area contributed by atoms with E-state index in [1.165, 1.54) is 18.4 Å². The first-order valence-electron chi connectivity index (χ1n) is 11.0. The molecule has 0 unspecified atom stereocenters. The van der Waals surface area contributed by atoms with E-state index in [0.29, 0.717) is 19.4 Å². The Balaban J connectivity index is 1.45. The smallest absolute Gasteiger partial charge is 0.241 e. The van der Waals surface area contributed by atoms with Gasteiger partial charge in [0.05, 0.1) is 4.90 Å². The second-order valence-electron chi connectivity index (χ2n) is 8.11. The molecular weight excluding hydrogens is 408 g/mol. The molecule has 0 aromatic heterocycles. The minimum Gasteiger partial charge on any atom is -0.356 e. The minimum absolute atomic E-state index is 0.0338. The van der Waals surface area contributed by atoms with Crippen LogP contribution in [0, 0.1) is 0 Å². The SMILES string of the molecule is C[C@@H](NS(=O)(=O)c1ccc(CCC(=O)NCCC2=CCCCC2)cc1)c1ccccc1. The van der Waals surface area contributed by atoms with Crippen molar-refractivity contribution in [3.63, 3.8) is 0 Å². The lowest BCUT2D eigenvalue weighted by atomic mass is 9.97. The van der Waals surface area contributed by atoms with E-state index in [-0.39, 0.29) is 16.8 Å². The average Bonchev–Trinajstić information content (AvgIpc) is 2.79. The second-order valence-corrected chi connectivity index (χ2v) is 9.82. The maximum absolute atomic E-state index is 12.7. The van der Waals surface area contributed by atoms with E-state index in [4.69, 9.17) is 0 Å². The molecule has 1 amide bonds. The quantitative estimate of drug-likeness (QED) is 0.528. The lowest BCUT2D eigenvalue weighted by Crippen LogP contribution is -2.27. The molecule has 0 radical (unpaired) electrons. The van der Waals surface area contributed by atoms with Crippen molar-refractivity contribution in [2.75, 3.05) is 6.54 Å². The fraction of sp³-hybridized carbons (Fsp3) is 0.400. The summed E-state index contributed by atoms with van der Waals surface area (Å²) in [7, 11) is -3.61. The highest BCUT2D eigenvalue weighted by Crippen LogP contribution is 2.20. The highest BCUT2D eigenvalue weighted by Gasteiger charge is 2.18. The zero-order chi connectivity index (χ0) is 22.1. The van der Waals surface area contributed by atoms with Crippen LogP contribution in [0.2, 0.25) is 0 Å². The molecule has 31 heavy (non-hydrogen) atoms. The molecule has 0 spiro atoms. The van der Waals surface area contributed by atoms with Crippen LogP contribution in [0.5, 0.6) is 0 Å². The van der Waals surface area contributed by atoms with Gasteiger partial charge in [-0.25, -0.2) is 13.1 Å². The molecule has 0 aliphatic heterocycles. The predicted octanol–water partition coefficient (Wildman–Crippen LogP) is 4.67. The summed E-state index contributed by atoms with van der Waals surface area (Å²) in [6, 6.07) is 15.9. The molecule has 5 nitrogen and oxygen atoms in total. The van der Waals surface area contributed by atoms with Crippen molar-refractivity contribution in [2.24, 2.45) is 0 Å². The standard InChI is InChI=1S/C25H32N2O3S/c1-20(23-10-6-3-7-11-23)27-31(29,30)24-15-12-22(13-16-24)14-17-25(28)26-19-18-21-8-4-2-5-9-21/h3,6-8,10-13,15-16,20,27H,2,4-5,9,14,17-19H2,1H3,(H,26,28)/t20-/m1/s1. The number of carbonyl (C=O) groups excluding carboxylic acids is 1. The Labute approximate surface area is 186 Å². The molecule has 0 heterocycles. The summed E-state index contributed by atoms with van der Waals surface area (Å²) >= 11 is 0. The number of carbonyl (C=O) groups is 1. The molecule has 0 saturated heterocycles. The van der Waals surface area contributed by atoms with E-state index in [9.17, 15) is 13.2 Å². The number of aryl methyl sites for hydroxylation is 1. The molecule has 1 aliphatic carbocycles. The Morgan fingerprint density at radius 1 is 1.00 bits per heavy atom.